The third kappa shape index (κ3) is 3.86. The average molecular weight is 339 g/mol. The van der Waals surface area contributed by atoms with E-state index in [1.807, 2.05) is 44.7 Å². The van der Waals surface area contributed by atoms with Gasteiger partial charge in [-0.2, -0.15) is 10.1 Å². The SMILES string of the molecule is CNCc1cnn(-c2cc(Nc3nccc(NC)n3)ccc2OC)c1. The highest BCUT2D eigenvalue weighted by molar-refractivity contribution is 5.62. The highest BCUT2D eigenvalue weighted by atomic mass is 16.5. The van der Waals surface area contributed by atoms with Gasteiger partial charge in [0.2, 0.25) is 5.95 Å². The Morgan fingerprint density at radius 2 is 2.08 bits per heavy atom. The van der Waals surface area contributed by atoms with Crippen LogP contribution < -0.4 is 20.7 Å². The monoisotopic (exact) mass is 339 g/mol. The first-order chi connectivity index (χ1) is 12.2. The maximum Gasteiger partial charge on any atom is 0.229 e. The number of hydrogen-bond donors (Lipinski definition) is 3. The van der Waals surface area contributed by atoms with Crippen molar-refractivity contribution >= 4 is 17.5 Å². The van der Waals surface area contributed by atoms with Gasteiger partial charge in [0.05, 0.1) is 13.3 Å². The Hall–Kier alpha value is -3.13. The van der Waals surface area contributed by atoms with E-state index < -0.39 is 0 Å². The Morgan fingerprint density at radius 3 is 2.84 bits per heavy atom. The van der Waals surface area contributed by atoms with E-state index in [0.717, 1.165) is 35.1 Å². The molecule has 3 N–H and O–H groups in total. The lowest BCUT2D eigenvalue weighted by molar-refractivity contribution is 0.412. The fraction of sp³-hybridized carbons (Fsp3) is 0.235. The number of nitrogens with one attached hydrogen (secondary N) is 3. The van der Waals surface area contributed by atoms with Crippen molar-refractivity contribution < 1.29 is 4.74 Å². The Kier molecular flexibility index (Phi) is 5.10. The molecule has 0 aliphatic heterocycles. The zero-order valence-electron chi connectivity index (χ0n) is 14.4. The van der Waals surface area contributed by atoms with Crippen LogP contribution in [0.25, 0.3) is 5.69 Å². The molecule has 0 atom stereocenters. The zero-order chi connectivity index (χ0) is 17.6. The largest absolute Gasteiger partial charge is 0.494 e. The number of nitrogens with zero attached hydrogens (tertiary/aromatic N) is 4. The molecular weight excluding hydrogens is 318 g/mol. The van der Waals surface area contributed by atoms with Crippen LogP contribution in [-0.2, 0) is 6.54 Å². The number of methoxy groups -OCH3 is 1. The molecule has 3 aromatic rings. The third-order valence-corrected chi connectivity index (χ3v) is 3.61. The Bertz CT molecular complexity index is 847. The van der Waals surface area contributed by atoms with Crippen molar-refractivity contribution in [1.82, 2.24) is 25.1 Å². The number of anilines is 3. The van der Waals surface area contributed by atoms with E-state index in [-0.39, 0.29) is 0 Å². The summed E-state index contributed by atoms with van der Waals surface area (Å²) in [5.74, 6) is 1.99. The summed E-state index contributed by atoms with van der Waals surface area (Å²) in [6.07, 6.45) is 5.49. The highest BCUT2D eigenvalue weighted by Crippen LogP contribution is 2.27. The topological polar surface area (TPSA) is 88.9 Å². The quantitative estimate of drug-likeness (QED) is 0.608. The lowest BCUT2D eigenvalue weighted by Gasteiger charge is -2.12. The van der Waals surface area contributed by atoms with Crippen molar-refractivity contribution in [2.45, 2.75) is 6.54 Å². The van der Waals surface area contributed by atoms with Crippen molar-refractivity contribution in [2.24, 2.45) is 0 Å². The molecule has 8 heteroatoms. The molecule has 2 heterocycles. The Balaban J connectivity index is 1.91. The molecule has 25 heavy (non-hydrogen) atoms. The van der Waals surface area contributed by atoms with Crippen LogP contribution in [0.5, 0.6) is 5.75 Å². The summed E-state index contributed by atoms with van der Waals surface area (Å²) in [4.78, 5) is 8.60. The molecule has 0 unspecified atom stereocenters. The second-order valence-electron chi connectivity index (χ2n) is 5.35. The van der Waals surface area contributed by atoms with Gasteiger partial charge in [-0.15, -0.1) is 0 Å². The van der Waals surface area contributed by atoms with Gasteiger partial charge in [-0.25, -0.2) is 9.67 Å². The number of hydrogen-bond acceptors (Lipinski definition) is 7. The Labute approximate surface area is 146 Å². The molecule has 8 nitrogen and oxygen atoms in total. The molecule has 1 aromatic carbocycles. The van der Waals surface area contributed by atoms with Crippen LogP contribution in [0.4, 0.5) is 17.5 Å². The molecule has 0 aliphatic rings. The summed E-state index contributed by atoms with van der Waals surface area (Å²) < 4.78 is 7.26. The maximum absolute atomic E-state index is 5.47. The molecule has 0 saturated carbocycles. The van der Waals surface area contributed by atoms with Crippen LogP contribution >= 0.6 is 0 Å². The summed E-state index contributed by atoms with van der Waals surface area (Å²) >= 11 is 0. The molecule has 2 aromatic heterocycles. The van der Waals surface area contributed by atoms with Crippen molar-refractivity contribution in [2.75, 3.05) is 31.8 Å². The minimum atomic E-state index is 0.513. The molecule has 0 radical (unpaired) electrons. The summed E-state index contributed by atoms with van der Waals surface area (Å²) in [5.41, 5.74) is 2.77. The molecule has 0 saturated heterocycles. The van der Waals surface area contributed by atoms with Gasteiger partial charge in [0.15, 0.2) is 0 Å². The summed E-state index contributed by atoms with van der Waals surface area (Å²) in [5, 5.41) is 13.7. The van der Waals surface area contributed by atoms with Crippen LogP contribution in [-0.4, -0.2) is 41.0 Å². The van der Waals surface area contributed by atoms with E-state index in [1.165, 1.54) is 0 Å². The molecule has 130 valence electrons. The highest BCUT2D eigenvalue weighted by Gasteiger charge is 2.09. The summed E-state index contributed by atoms with van der Waals surface area (Å²) in [6.45, 7) is 0.755. The number of benzene rings is 1. The zero-order valence-corrected chi connectivity index (χ0v) is 14.4. The predicted molar refractivity (Wildman–Crippen MR) is 97.7 cm³/mol. The number of rotatable bonds is 7. The normalized spacial score (nSPS) is 10.5. The second-order valence-corrected chi connectivity index (χ2v) is 5.35. The van der Waals surface area contributed by atoms with Crippen molar-refractivity contribution in [3.8, 4) is 11.4 Å². The maximum atomic E-state index is 5.47. The third-order valence-electron chi connectivity index (χ3n) is 3.61. The van der Waals surface area contributed by atoms with Crippen molar-refractivity contribution in [1.29, 1.82) is 0 Å². The molecule has 0 fully saturated rings. The predicted octanol–water partition coefficient (Wildman–Crippen LogP) is 2.18. The van der Waals surface area contributed by atoms with E-state index in [9.17, 15) is 0 Å². The van der Waals surface area contributed by atoms with Crippen molar-refractivity contribution in [3.63, 3.8) is 0 Å². The van der Waals surface area contributed by atoms with Gasteiger partial charge in [0.25, 0.3) is 0 Å². The standard InChI is InChI=1S/C17H21N7O/c1-18-9-12-10-21-24(11-12)14-8-13(4-5-15(14)25-3)22-17-20-7-6-16(19-2)23-17/h4-8,10-11,18H,9H2,1-3H3,(H2,19,20,22,23). The van der Waals surface area contributed by atoms with E-state index in [1.54, 1.807) is 24.1 Å². The number of ether oxygens (including phenoxy) is 1. The summed E-state index contributed by atoms with van der Waals surface area (Å²) in [7, 11) is 5.36. The van der Waals surface area contributed by atoms with Crippen molar-refractivity contribution in [3.05, 3.63) is 48.4 Å². The first-order valence-corrected chi connectivity index (χ1v) is 7.88. The molecule has 0 spiro atoms. The molecular formula is C17H21N7O. The van der Waals surface area contributed by atoms with Crippen LogP contribution in [0, 0.1) is 0 Å². The van der Waals surface area contributed by atoms with Crippen LogP contribution in [0.3, 0.4) is 0 Å². The van der Waals surface area contributed by atoms with Crippen LogP contribution in [0.1, 0.15) is 5.56 Å². The fourth-order valence-electron chi connectivity index (χ4n) is 2.42. The minimum absolute atomic E-state index is 0.513. The molecule has 0 bridgehead atoms. The lowest BCUT2D eigenvalue weighted by atomic mass is 10.2. The van der Waals surface area contributed by atoms with Crippen LogP contribution in [0.2, 0.25) is 0 Å². The van der Waals surface area contributed by atoms with E-state index in [4.69, 9.17) is 4.74 Å². The second kappa shape index (κ2) is 7.63. The smallest absolute Gasteiger partial charge is 0.229 e. The van der Waals surface area contributed by atoms with E-state index >= 15 is 0 Å². The van der Waals surface area contributed by atoms with Gasteiger partial charge < -0.3 is 20.7 Å². The molecule has 3 rings (SSSR count). The minimum Gasteiger partial charge on any atom is -0.494 e. The van der Waals surface area contributed by atoms with Gasteiger partial charge >= 0.3 is 0 Å². The lowest BCUT2D eigenvalue weighted by Crippen LogP contribution is -2.04. The van der Waals surface area contributed by atoms with E-state index in [2.05, 4.69) is 31.0 Å². The van der Waals surface area contributed by atoms with Gasteiger partial charge in [-0.3, -0.25) is 0 Å². The number of aromatic nitrogens is 4. The average Bonchev–Trinajstić information content (AvgIpc) is 3.11. The van der Waals surface area contributed by atoms with E-state index in [0.29, 0.717) is 5.95 Å². The first-order valence-electron chi connectivity index (χ1n) is 7.88. The van der Waals surface area contributed by atoms with Gasteiger partial charge in [-0.1, -0.05) is 0 Å². The molecule has 0 aliphatic carbocycles. The van der Waals surface area contributed by atoms with Gasteiger partial charge in [0.1, 0.15) is 17.3 Å². The fourth-order valence-corrected chi connectivity index (χ4v) is 2.42. The van der Waals surface area contributed by atoms with Crippen LogP contribution in [0.15, 0.2) is 42.9 Å². The van der Waals surface area contributed by atoms with Gasteiger partial charge in [-0.05, 0) is 31.3 Å². The van der Waals surface area contributed by atoms with Gasteiger partial charge in [0, 0.05) is 37.2 Å². The summed E-state index contributed by atoms with van der Waals surface area (Å²) in [6, 6.07) is 7.55. The first kappa shape index (κ1) is 16.7. The molecule has 0 amide bonds. The Morgan fingerprint density at radius 1 is 1.20 bits per heavy atom.